The molecule has 144 valence electrons. The zero-order valence-corrected chi connectivity index (χ0v) is 17.1. The zero-order chi connectivity index (χ0) is 20.5. The van der Waals surface area contributed by atoms with E-state index in [1.165, 1.54) is 18.2 Å². The maximum Gasteiger partial charge on any atom is 0.257 e. The van der Waals surface area contributed by atoms with Crippen molar-refractivity contribution in [3.63, 3.8) is 0 Å². The number of amides is 1. The number of para-hydroxylation sites is 1. The topological polar surface area (TPSA) is 89.3 Å². The SMILES string of the molecule is CS(=O)(=O)c1ccc(C(=O)Nc2ccc(Cl)c(-c3ccccc3N)c2)c(Cl)c1. The van der Waals surface area contributed by atoms with Gasteiger partial charge in [-0.1, -0.05) is 41.4 Å². The second kappa shape index (κ2) is 7.83. The van der Waals surface area contributed by atoms with Gasteiger partial charge in [-0.25, -0.2) is 8.42 Å². The predicted molar refractivity (Wildman–Crippen MR) is 114 cm³/mol. The van der Waals surface area contributed by atoms with Crippen LogP contribution in [0.3, 0.4) is 0 Å². The maximum absolute atomic E-state index is 12.6. The van der Waals surface area contributed by atoms with E-state index in [0.717, 1.165) is 11.8 Å². The number of anilines is 2. The normalized spacial score (nSPS) is 11.2. The van der Waals surface area contributed by atoms with Crippen LogP contribution in [0, 0.1) is 0 Å². The second-order valence-corrected chi connectivity index (χ2v) is 8.98. The van der Waals surface area contributed by atoms with E-state index in [9.17, 15) is 13.2 Å². The molecule has 0 saturated carbocycles. The van der Waals surface area contributed by atoms with Crippen LogP contribution in [-0.4, -0.2) is 20.6 Å². The van der Waals surface area contributed by atoms with Gasteiger partial charge in [-0.3, -0.25) is 4.79 Å². The average Bonchev–Trinajstić information content (AvgIpc) is 2.63. The van der Waals surface area contributed by atoms with Crippen LogP contribution in [0.1, 0.15) is 10.4 Å². The molecule has 3 aromatic carbocycles. The molecule has 3 aromatic rings. The first-order valence-electron chi connectivity index (χ1n) is 8.12. The fourth-order valence-corrected chi connectivity index (χ4v) is 3.86. The van der Waals surface area contributed by atoms with Crippen molar-refractivity contribution in [2.75, 3.05) is 17.3 Å². The Kier molecular flexibility index (Phi) is 5.65. The minimum absolute atomic E-state index is 0.0434. The molecule has 5 nitrogen and oxygen atoms in total. The average molecular weight is 435 g/mol. The first-order valence-corrected chi connectivity index (χ1v) is 10.8. The van der Waals surface area contributed by atoms with E-state index < -0.39 is 15.7 Å². The molecule has 8 heteroatoms. The number of sulfone groups is 1. The number of nitrogen functional groups attached to an aromatic ring is 1. The van der Waals surface area contributed by atoms with Crippen LogP contribution in [-0.2, 0) is 9.84 Å². The highest BCUT2D eigenvalue weighted by Crippen LogP contribution is 2.34. The molecular formula is C20H16Cl2N2O3S. The Morgan fingerprint density at radius 3 is 2.29 bits per heavy atom. The Bertz CT molecular complexity index is 1180. The number of nitrogens with two attached hydrogens (primary N) is 1. The third-order valence-electron chi connectivity index (χ3n) is 4.09. The highest BCUT2D eigenvalue weighted by molar-refractivity contribution is 7.90. The minimum atomic E-state index is -3.41. The number of benzene rings is 3. The summed E-state index contributed by atoms with van der Waals surface area (Å²) in [6.07, 6.45) is 1.07. The molecule has 0 unspecified atom stereocenters. The Morgan fingerprint density at radius 2 is 1.64 bits per heavy atom. The van der Waals surface area contributed by atoms with Crippen molar-refractivity contribution in [3.8, 4) is 11.1 Å². The summed E-state index contributed by atoms with van der Waals surface area (Å²) in [6, 6.07) is 16.3. The number of carbonyl (C=O) groups is 1. The van der Waals surface area contributed by atoms with Gasteiger partial charge in [-0.05, 0) is 42.5 Å². The lowest BCUT2D eigenvalue weighted by atomic mass is 10.0. The highest BCUT2D eigenvalue weighted by atomic mass is 35.5. The van der Waals surface area contributed by atoms with Gasteiger partial charge in [0.25, 0.3) is 5.91 Å². The second-order valence-electron chi connectivity index (χ2n) is 6.15. The van der Waals surface area contributed by atoms with Crippen LogP contribution in [0.4, 0.5) is 11.4 Å². The Balaban J connectivity index is 1.92. The molecule has 1 amide bonds. The molecule has 3 N–H and O–H groups in total. The molecule has 0 fully saturated rings. The summed E-state index contributed by atoms with van der Waals surface area (Å²) in [5.74, 6) is -0.473. The number of hydrogen-bond donors (Lipinski definition) is 2. The van der Waals surface area contributed by atoms with Gasteiger partial charge in [0.1, 0.15) is 0 Å². The summed E-state index contributed by atoms with van der Waals surface area (Å²) in [6.45, 7) is 0. The Labute approximate surface area is 173 Å². The molecule has 0 aliphatic heterocycles. The molecule has 0 aliphatic rings. The molecular weight excluding hydrogens is 419 g/mol. The van der Waals surface area contributed by atoms with E-state index in [1.54, 1.807) is 24.3 Å². The standard InChI is InChI=1S/C20H16Cl2N2O3S/c1-28(26,27)13-7-8-15(18(22)11-13)20(25)24-12-6-9-17(21)16(10-12)14-4-2-3-5-19(14)23/h2-11H,23H2,1H3,(H,24,25). The van der Waals surface area contributed by atoms with E-state index in [4.69, 9.17) is 28.9 Å². The fourth-order valence-electron chi connectivity index (χ4n) is 2.66. The zero-order valence-electron chi connectivity index (χ0n) is 14.7. The molecule has 0 aromatic heterocycles. The van der Waals surface area contributed by atoms with Gasteiger partial charge in [0.15, 0.2) is 9.84 Å². The number of carbonyl (C=O) groups excluding carboxylic acids is 1. The van der Waals surface area contributed by atoms with Gasteiger partial charge in [-0.15, -0.1) is 0 Å². The van der Waals surface area contributed by atoms with E-state index in [-0.39, 0.29) is 15.5 Å². The summed E-state index contributed by atoms with van der Waals surface area (Å²) >= 11 is 12.4. The van der Waals surface area contributed by atoms with Crippen molar-refractivity contribution in [1.82, 2.24) is 0 Å². The molecule has 3 rings (SSSR count). The number of hydrogen-bond acceptors (Lipinski definition) is 4. The molecule has 0 saturated heterocycles. The number of rotatable bonds is 4. The van der Waals surface area contributed by atoms with Gasteiger partial charge in [-0.2, -0.15) is 0 Å². The molecule has 28 heavy (non-hydrogen) atoms. The third kappa shape index (κ3) is 4.30. The fraction of sp³-hybridized carbons (Fsp3) is 0.0500. The lowest BCUT2D eigenvalue weighted by Gasteiger charge is -2.12. The smallest absolute Gasteiger partial charge is 0.257 e. The molecule has 0 atom stereocenters. The minimum Gasteiger partial charge on any atom is -0.398 e. The van der Waals surface area contributed by atoms with Crippen molar-refractivity contribution in [2.45, 2.75) is 4.90 Å². The summed E-state index contributed by atoms with van der Waals surface area (Å²) in [4.78, 5) is 12.6. The molecule has 0 bridgehead atoms. The van der Waals surface area contributed by atoms with Gasteiger partial charge < -0.3 is 11.1 Å². The van der Waals surface area contributed by atoms with Crippen LogP contribution >= 0.6 is 23.2 Å². The summed E-state index contributed by atoms with van der Waals surface area (Å²) in [5, 5.41) is 3.28. The molecule has 0 radical (unpaired) electrons. The predicted octanol–water partition coefficient (Wildman–Crippen LogP) is 4.90. The first-order chi connectivity index (χ1) is 13.2. The van der Waals surface area contributed by atoms with Gasteiger partial charge in [0.2, 0.25) is 0 Å². The number of nitrogens with one attached hydrogen (secondary N) is 1. The van der Waals surface area contributed by atoms with Crippen LogP contribution in [0.15, 0.2) is 65.6 Å². The lowest BCUT2D eigenvalue weighted by Crippen LogP contribution is -2.13. The number of halogens is 2. The van der Waals surface area contributed by atoms with Crippen molar-refractivity contribution < 1.29 is 13.2 Å². The monoisotopic (exact) mass is 434 g/mol. The van der Waals surface area contributed by atoms with E-state index in [2.05, 4.69) is 5.32 Å². The van der Waals surface area contributed by atoms with Crippen molar-refractivity contribution in [2.24, 2.45) is 0 Å². The van der Waals surface area contributed by atoms with Crippen LogP contribution in [0.5, 0.6) is 0 Å². The highest BCUT2D eigenvalue weighted by Gasteiger charge is 2.16. The first kappa shape index (κ1) is 20.2. The third-order valence-corrected chi connectivity index (χ3v) is 5.84. The Hall–Kier alpha value is -2.54. The van der Waals surface area contributed by atoms with E-state index in [1.807, 2.05) is 18.2 Å². The quantitative estimate of drug-likeness (QED) is 0.571. The van der Waals surface area contributed by atoms with Crippen molar-refractivity contribution in [3.05, 3.63) is 76.3 Å². The van der Waals surface area contributed by atoms with Crippen molar-refractivity contribution in [1.29, 1.82) is 0 Å². The van der Waals surface area contributed by atoms with Gasteiger partial charge in [0.05, 0.1) is 15.5 Å². The Morgan fingerprint density at radius 1 is 0.929 bits per heavy atom. The van der Waals surface area contributed by atoms with E-state index in [0.29, 0.717) is 22.0 Å². The van der Waals surface area contributed by atoms with Crippen molar-refractivity contribution >= 4 is 50.3 Å². The van der Waals surface area contributed by atoms with E-state index >= 15 is 0 Å². The van der Waals surface area contributed by atoms with Crippen LogP contribution in [0.25, 0.3) is 11.1 Å². The summed E-state index contributed by atoms with van der Waals surface area (Å²) < 4.78 is 23.2. The summed E-state index contributed by atoms with van der Waals surface area (Å²) in [7, 11) is -3.41. The molecule has 0 aliphatic carbocycles. The van der Waals surface area contributed by atoms with Gasteiger partial charge in [0, 0.05) is 33.8 Å². The lowest BCUT2D eigenvalue weighted by molar-refractivity contribution is 0.102. The largest absolute Gasteiger partial charge is 0.398 e. The maximum atomic E-state index is 12.6. The molecule has 0 spiro atoms. The van der Waals surface area contributed by atoms with Gasteiger partial charge >= 0.3 is 0 Å². The van der Waals surface area contributed by atoms with Crippen LogP contribution < -0.4 is 11.1 Å². The summed E-state index contributed by atoms with van der Waals surface area (Å²) in [5.41, 5.74) is 8.66. The van der Waals surface area contributed by atoms with Crippen LogP contribution in [0.2, 0.25) is 10.0 Å². The molecule has 0 heterocycles.